The zero-order valence-electron chi connectivity index (χ0n) is 8.03. The maximum absolute atomic E-state index is 11.8. The van der Waals surface area contributed by atoms with Crippen molar-refractivity contribution in [2.75, 3.05) is 7.11 Å². The Labute approximate surface area is 76.5 Å². The van der Waals surface area contributed by atoms with E-state index in [4.69, 9.17) is 4.43 Å². The highest BCUT2D eigenvalue weighted by atomic mass is 28.4. The first-order chi connectivity index (χ1) is 5.64. The lowest BCUT2D eigenvalue weighted by Crippen LogP contribution is -2.26. The first kappa shape index (κ1) is 12.3. The number of allylic oxidation sites excluding steroid dienone is 1. The van der Waals surface area contributed by atoms with Crippen LogP contribution in [0.1, 0.15) is 0 Å². The quantitative estimate of drug-likeness (QED) is 0.531. The van der Waals surface area contributed by atoms with Gasteiger partial charge in [0.05, 0.1) is 13.2 Å². The molecule has 0 bridgehead atoms. The number of hydrogen-bond donors (Lipinski definition) is 0. The molecule has 0 heterocycles. The van der Waals surface area contributed by atoms with Gasteiger partial charge in [-0.3, -0.25) is 0 Å². The predicted octanol–water partition coefficient (Wildman–Crippen LogP) is 2.89. The van der Waals surface area contributed by atoms with Gasteiger partial charge in [0, 0.05) is 0 Å². The van der Waals surface area contributed by atoms with Crippen molar-refractivity contribution < 1.29 is 22.3 Å². The van der Waals surface area contributed by atoms with E-state index in [0.717, 1.165) is 7.11 Å². The molecule has 0 aromatic heterocycles. The van der Waals surface area contributed by atoms with E-state index in [9.17, 15) is 13.2 Å². The molecule has 0 aromatic rings. The second kappa shape index (κ2) is 4.04. The zero-order chi connectivity index (χ0) is 10.7. The number of halogens is 3. The zero-order valence-corrected chi connectivity index (χ0v) is 9.03. The van der Waals surface area contributed by atoms with Gasteiger partial charge >= 0.3 is 6.18 Å². The van der Waals surface area contributed by atoms with E-state index >= 15 is 0 Å². The van der Waals surface area contributed by atoms with Crippen molar-refractivity contribution in [3.05, 3.63) is 12.0 Å². The summed E-state index contributed by atoms with van der Waals surface area (Å²) < 4.78 is 45.0. The summed E-state index contributed by atoms with van der Waals surface area (Å²) in [5, 5.41) is 0. The van der Waals surface area contributed by atoms with E-state index in [-0.39, 0.29) is 6.08 Å². The second-order valence-corrected chi connectivity index (χ2v) is 7.85. The van der Waals surface area contributed by atoms with Gasteiger partial charge in [-0.1, -0.05) is 0 Å². The van der Waals surface area contributed by atoms with Crippen LogP contribution in [0.2, 0.25) is 19.6 Å². The highest BCUT2D eigenvalue weighted by molar-refractivity contribution is 6.69. The minimum Gasteiger partial charge on any atom is -0.520 e. The molecule has 0 fully saturated rings. The molecule has 0 N–H and O–H groups in total. The fraction of sp³-hybridized carbons (Fsp3) is 0.714. The van der Waals surface area contributed by atoms with Gasteiger partial charge in [0.15, 0.2) is 0 Å². The molecule has 0 rings (SSSR count). The summed E-state index contributed by atoms with van der Waals surface area (Å²) in [5.74, 6) is -0.466. The normalized spacial score (nSPS) is 14.2. The van der Waals surface area contributed by atoms with Crippen LogP contribution in [-0.4, -0.2) is 21.6 Å². The van der Waals surface area contributed by atoms with Crippen LogP contribution >= 0.6 is 0 Å². The number of methoxy groups -OCH3 is 1. The van der Waals surface area contributed by atoms with Crippen LogP contribution < -0.4 is 0 Å². The van der Waals surface area contributed by atoms with Gasteiger partial charge in [0.25, 0.3) is 5.95 Å². The molecule has 6 heteroatoms. The van der Waals surface area contributed by atoms with Crippen molar-refractivity contribution in [3.63, 3.8) is 0 Å². The molecule has 0 saturated heterocycles. The predicted molar refractivity (Wildman–Crippen MR) is 45.6 cm³/mol. The summed E-state index contributed by atoms with van der Waals surface area (Å²) in [6.45, 7) is 5.32. The molecular weight excluding hydrogens is 201 g/mol. The second-order valence-electron chi connectivity index (χ2n) is 3.42. The van der Waals surface area contributed by atoms with Crippen LogP contribution in [-0.2, 0) is 9.16 Å². The van der Waals surface area contributed by atoms with Gasteiger partial charge in [-0.15, -0.1) is 0 Å². The Morgan fingerprint density at radius 2 is 1.69 bits per heavy atom. The van der Waals surface area contributed by atoms with Crippen LogP contribution in [0.25, 0.3) is 0 Å². The van der Waals surface area contributed by atoms with E-state index < -0.39 is 20.4 Å². The molecule has 13 heavy (non-hydrogen) atoms. The van der Waals surface area contributed by atoms with Crippen molar-refractivity contribution >= 4 is 8.32 Å². The Morgan fingerprint density at radius 1 is 1.23 bits per heavy atom. The van der Waals surface area contributed by atoms with Crippen molar-refractivity contribution in [2.45, 2.75) is 25.8 Å². The van der Waals surface area contributed by atoms with Crippen molar-refractivity contribution in [2.24, 2.45) is 0 Å². The molecular formula is C7H13F3O2Si. The molecule has 0 unspecified atom stereocenters. The molecule has 0 aliphatic carbocycles. The molecule has 0 radical (unpaired) electrons. The van der Waals surface area contributed by atoms with Gasteiger partial charge in [-0.05, 0) is 19.6 Å². The average Bonchev–Trinajstić information content (AvgIpc) is 1.79. The lowest BCUT2D eigenvalue weighted by atomic mass is 10.6. The summed E-state index contributed by atoms with van der Waals surface area (Å²) in [5.41, 5.74) is 0. The molecule has 0 saturated carbocycles. The third kappa shape index (κ3) is 7.70. The van der Waals surface area contributed by atoms with Gasteiger partial charge in [0.2, 0.25) is 8.32 Å². The van der Waals surface area contributed by atoms with Gasteiger partial charge in [-0.25, -0.2) is 0 Å². The number of alkyl halides is 3. The Morgan fingerprint density at radius 3 is 1.92 bits per heavy atom. The molecule has 0 aliphatic heterocycles. The molecule has 0 aliphatic rings. The Kier molecular flexibility index (Phi) is 3.83. The standard InChI is InChI=1S/C7H13F3O2Si/c1-11-6(5-7(8,9)10)12-13(2,3)4/h5H,1-4H3/b6-5-. The number of hydrogen-bond acceptors (Lipinski definition) is 2. The third-order valence-corrected chi connectivity index (χ3v) is 1.70. The molecule has 2 nitrogen and oxygen atoms in total. The van der Waals surface area contributed by atoms with Crippen LogP contribution in [0.15, 0.2) is 12.0 Å². The SMILES string of the molecule is CO/C(=C/C(F)(F)F)O[Si](C)(C)C. The van der Waals surface area contributed by atoms with Crippen molar-refractivity contribution in [1.29, 1.82) is 0 Å². The summed E-state index contributed by atoms with van der Waals surface area (Å²) in [7, 11) is -0.884. The molecule has 0 amide bonds. The minimum absolute atomic E-state index is 0.0191. The fourth-order valence-electron chi connectivity index (χ4n) is 0.565. The minimum atomic E-state index is -4.40. The Balaban J connectivity index is 4.45. The molecule has 0 aromatic carbocycles. The van der Waals surface area contributed by atoms with Crippen molar-refractivity contribution in [1.82, 2.24) is 0 Å². The van der Waals surface area contributed by atoms with E-state index in [1.807, 2.05) is 0 Å². The van der Waals surface area contributed by atoms with Crippen molar-refractivity contribution in [3.8, 4) is 0 Å². The topological polar surface area (TPSA) is 18.5 Å². The fourth-order valence-corrected chi connectivity index (χ4v) is 1.31. The van der Waals surface area contributed by atoms with Crippen LogP contribution in [0.3, 0.4) is 0 Å². The van der Waals surface area contributed by atoms with E-state index in [1.54, 1.807) is 19.6 Å². The summed E-state index contributed by atoms with van der Waals surface area (Å²) in [6, 6.07) is 0. The van der Waals surface area contributed by atoms with Gasteiger partial charge in [0.1, 0.15) is 0 Å². The number of ether oxygens (including phenoxy) is 1. The third-order valence-electron chi connectivity index (χ3n) is 0.889. The van der Waals surface area contributed by atoms with Gasteiger partial charge < -0.3 is 9.16 Å². The van der Waals surface area contributed by atoms with E-state index in [1.165, 1.54) is 0 Å². The highest BCUT2D eigenvalue weighted by Gasteiger charge is 2.28. The van der Waals surface area contributed by atoms with Crippen LogP contribution in [0.5, 0.6) is 0 Å². The first-order valence-corrected chi connectivity index (χ1v) is 7.07. The molecule has 0 atom stereocenters. The maximum atomic E-state index is 11.8. The van der Waals surface area contributed by atoms with Gasteiger partial charge in [-0.2, -0.15) is 13.2 Å². The Hall–Kier alpha value is -0.653. The summed E-state index contributed by atoms with van der Waals surface area (Å²) >= 11 is 0. The monoisotopic (exact) mass is 214 g/mol. The average molecular weight is 214 g/mol. The summed E-state index contributed by atoms with van der Waals surface area (Å²) in [6.07, 6.45) is -4.38. The molecule has 0 spiro atoms. The first-order valence-electron chi connectivity index (χ1n) is 3.66. The highest BCUT2D eigenvalue weighted by Crippen LogP contribution is 2.21. The van der Waals surface area contributed by atoms with Crippen LogP contribution in [0, 0.1) is 0 Å². The smallest absolute Gasteiger partial charge is 0.416 e. The van der Waals surface area contributed by atoms with E-state index in [2.05, 4.69) is 4.74 Å². The lowest BCUT2D eigenvalue weighted by Gasteiger charge is -2.20. The van der Waals surface area contributed by atoms with Crippen LogP contribution in [0.4, 0.5) is 13.2 Å². The summed E-state index contributed by atoms with van der Waals surface area (Å²) in [4.78, 5) is 0. The molecule has 78 valence electrons. The largest absolute Gasteiger partial charge is 0.520 e. The number of rotatable bonds is 3. The lowest BCUT2D eigenvalue weighted by molar-refractivity contribution is -0.0858. The van der Waals surface area contributed by atoms with E-state index in [0.29, 0.717) is 0 Å². The Bertz CT molecular complexity index is 193. The maximum Gasteiger partial charge on any atom is 0.416 e.